The zero-order valence-corrected chi connectivity index (χ0v) is 12.3. The first-order valence-electron chi connectivity index (χ1n) is 6.18. The maximum absolute atomic E-state index is 11.7. The van der Waals surface area contributed by atoms with Crippen molar-refractivity contribution in [3.05, 3.63) is 30.6 Å². The van der Waals surface area contributed by atoms with Gasteiger partial charge in [-0.3, -0.25) is 4.98 Å². The summed E-state index contributed by atoms with van der Waals surface area (Å²) in [4.78, 5) is 4.05. The summed E-state index contributed by atoms with van der Waals surface area (Å²) in [5.41, 5.74) is 7.40. The number of hydrogen-bond acceptors (Lipinski definition) is 5. The van der Waals surface area contributed by atoms with Crippen LogP contribution in [0.15, 0.2) is 30.6 Å². The quantitative estimate of drug-likeness (QED) is 0.807. The number of nitrogens with two attached hydrogens (primary N) is 1. The van der Waals surface area contributed by atoms with E-state index < -0.39 is 10.0 Å². The standard InChI is InChI=1S/C13H18N4O2S/c1-17(2)20(18,19)8-7-16-13-4-3-12(14)11-9-15-6-5-10(11)13/h3-6,9,16H,7-8,14H2,1-2H3. The highest BCUT2D eigenvalue weighted by Crippen LogP contribution is 2.27. The maximum Gasteiger partial charge on any atom is 0.215 e. The second-order valence-electron chi connectivity index (χ2n) is 4.65. The molecule has 3 N–H and O–H groups in total. The molecule has 7 heteroatoms. The number of pyridine rings is 1. The number of hydrogen-bond donors (Lipinski definition) is 2. The Morgan fingerprint density at radius 2 is 2.00 bits per heavy atom. The van der Waals surface area contributed by atoms with Crippen molar-refractivity contribution >= 4 is 32.2 Å². The summed E-state index contributed by atoms with van der Waals surface area (Å²) in [5, 5.41) is 4.92. The van der Waals surface area contributed by atoms with Crippen molar-refractivity contribution in [2.45, 2.75) is 0 Å². The number of benzene rings is 1. The predicted octanol–water partition coefficient (Wildman–Crippen LogP) is 1.12. The van der Waals surface area contributed by atoms with Crippen LogP contribution < -0.4 is 11.1 Å². The van der Waals surface area contributed by atoms with Crippen LogP contribution in [-0.2, 0) is 10.0 Å². The molecule has 108 valence electrons. The van der Waals surface area contributed by atoms with Crippen LogP contribution in [0.1, 0.15) is 0 Å². The van der Waals surface area contributed by atoms with Gasteiger partial charge in [0.05, 0.1) is 5.75 Å². The fourth-order valence-electron chi connectivity index (χ4n) is 1.86. The summed E-state index contributed by atoms with van der Waals surface area (Å²) in [6.45, 7) is 0.335. The van der Waals surface area contributed by atoms with E-state index in [1.165, 1.54) is 18.4 Å². The first-order chi connectivity index (χ1) is 9.42. The molecule has 0 saturated heterocycles. The highest BCUT2D eigenvalue weighted by molar-refractivity contribution is 7.89. The van der Waals surface area contributed by atoms with Crippen LogP contribution in [0.3, 0.4) is 0 Å². The topological polar surface area (TPSA) is 88.3 Å². The lowest BCUT2D eigenvalue weighted by atomic mass is 10.1. The third-order valence-electron chi connectivity index (χ3n) is 3.08. The van der Waals surface area contributed by atoms with Gasteiger partial charge in [0.25, 0.3) is 0 Å². The molecule has 0 unspecified atom stereocenters. The molecule has 1 heterocycles. The van der Waals surface area contributed by atoms with Gasteiger partial charge in [-0.2, -0.15) is 0 Å². The molecule has 0 spiro atoms. The van der Waals surface area contributed by atoms with Gasteiger partial charge in [-0.1, -0.05) is 0 Å². The van der Waals surface area contributed by atoms with E-state index >= 15 is 0 Å². The third kappa shape index (κ3) is 3.00. The summed E-state index contributed by atoms with van der Waals surface area (Å²) in [6, 6.07) is 5.49. The number of sulfonamides is 1. The molecule has 0 saturated carbocycles. The molecule has 0 fully saturated rings. The van der Waals surface area contributed by atoms with Crippen molar-refractivity contribution in [2.24, 2.45) is 0 Å². The van der Waals surface area contributed by atoms with E-state index in [0.717, 1.165) is 16.5 Å². The molecule has 20 heavy (non-hydrogen) atoms. The SMILES string of the molecule is CN(C)S(=O)(=O)CCNc1ccc(N)c2cnccc12. The number of anilines is 2. The second-order valence-corrected chi connectivity index (χ2v) is 6.95. The van der Waals surface area contributed by atoms with Gasteiger partial charge in [-0.15, -0.1) is 0 Å². The molecule has 0 aliphatic carbocycles. The smallest absolute Gasteiger partial charge is 0.215 e. The number of fused-ring (bicyclic) bond motifs is 1. The van der Waals surface area contributed by atoms with Gasteiger partial charge >= 0.3 is 0 Å². The van der Waals surface area contributed by atoms with E-state index in [2.05, 4.69) is 10.3 Å². The first-order valence-corrected chi connectivity index (χ1v) is 7.79. The fourth-order valence-corrected chi connectivity index (χ4v) is 2.59. The molecule has 0 atom stereocenters. The van der Waals surface area contributed by atoms with E-state index in [0.29, 0.717) is 12.2 Å². The molecule has 0 aliphatic rings. The molecule has 1 aromatic carbocycles. The van der Waals surface area contributed by atoms with E-state index in [1.807, 2.05) is 12.1 Å². The third-order valence-corrected chi connectivity index (χ3v) is 4.92. The van der Waals surface area contributed by atoms with Crippen LogP contribution in [0.2, 0.25) is 0 Å². The molecule has 1 aromatic heterocycles. The van der Waals surface area contributed by atoms with Crippen LogP contribution in [0.4, 0.5) is 11.4 Å². The van der Waals surface area contributed by atoms with Gasteiger partial charge in [0.1, 0.15) is 0 Å². The number of nitrogens with one attached hydrogen (secondary N) is 1. The zero-order chi connectivity index (χ0) is 14.8. The van der Waals surface area contributed by atoms with Crippen LogP contribution in [0.25, 0.3) is 10.8 Å². The van der Waals surface area contributed by atoms with Gasteiger partial charge < -0.3 is 11.1 Å². The molecule has 0 bridgehead atoms. The van der Waals surface area contributed by atoms with Crippen molar-refractivity contribution in [2.75, 3.05) is 37.4 Å². The Labute approximate surface area is 118 Å². The summed E-state index contributed by atoms with van der Waals surface area (Å²) in [6.07, 6.45) is 3.38. The van der Waals surface area contributed by atoms with Crippen molar-refractivity contribution in [3.8, 4) is 0 Å². The lowest BCUT2D eigenvalue weighted by Gasteiger charge is -2.13. The minimum Gasteiger partial charge on any atom is -0.398 e. The molecule has 0 amide bonds. The Balaban J connectivity index is 2.17. The highest BCUT2D eigenvalue weighted by Gasteiger charge is 2.13. The van der Waals surface area contributed by atoms with Crippen molar-refractivity contribution in [1.29, 1.82) is 0 Å². The minimum absolute atomic E-state index is 0.0386. The summed E-state index contributed by atoms with van der Waals surface area (Å²) < 4.78 is 24.6. The Bertz CT molecular complexity index is 713. The van der Waals surface area contributed by atoms with Crippen LogP contribution in [0, 0.1) is 0 Å². The van der Waals surface area contributed by atoms with Crippen LogP contribution in [0.5, 0.6) is 0 Å². The predicted molar refractivity (Wildman–Crippen MR) is 82.1 cm³/mol. The van der Waals surface area contributed by atoms with Gasteiger partial charge in [0.2, 0.25) is 10.0 Å². The number of rotatable bonds is 5. The summed E-state index contributed by atoms with van der Waals surface area (Å²) in [5.74, 6) is 0.0386. The Kier molecular flexibility index (Phi) is 4.10. The average molecular weight is 294 g/mol. The molecule has 2 rings (SSSR count). The van der Waals surface area contributed by atoms with Gasteiger partial charge in [0, 0.05) is 55.2 Å². The van der Waals surface area contributed by atoms with Crippen LogP contribution >= 0.6 is 0 Å². The lowest BCUT2D eigenvalue weighted by Crippen LogP contribution is -2.28. The van der Waals surface area contributed by atoms with Gasteiger partial charge in [-0.05, 0) is 18.2 Å². The van der Waals surface area contributed by atoms with Gasteiger partial charge in [0.15, 0.2) is 0 Å². The first kappa shape index (κ1) is 14.5. The number of aromatic nitrogens is 1. The minimum atomic E-state index is -3.20. The Morgan fingerprint density at radius 1 is 1.25 bits per heavy atom. The average Bonchev–Trinajstić information content (AvgIpc) is 2.41. The fraction of sp³-hybridized carbons (Fsp3) is 0.308. The van der Waals surface area contributed by atoms with E-state index in [-0.39, 0.29) is 5.75 Å². The van der Waals surface area contributed by atoms with Gasteiger partial charge in [-0.25, -0.2) is 12.7 Å². The Hall–Kier alpha value is -1.86. The van der Waals surface area contributed by atoms with E-state index in [9.17, 15) is 8.42 Å². The maximum atomic E-state index is 11.7. The monoisotopic (exact) mass is 294 g/mol. The molecule has 2 aromatic rings. The number of nitrogens with zero attached hydrogens (tertiary/aromatic N) is 2. The largest absolute Gasteiger partial charge is 0.398 e. The normalized spacial score (nSPS) is 11.9. The molecule has 0 aliphatic heterocycles. The highest BCUT2D eigenvalue weighted by atomic mass is 32.2. The second kappa shape index (κ2) is 5.64. The number of nitrogen functional groups attached to an aromatic ring is 1. The Morgan fingerprint density at radius 3 is 2.70 bits per heavy atom. The van der Waals surface area contributed by atoms with E-state index in [1.54, 1.807) is 18.5 Å². The molecule has 6 nitrogen and oxygen atoms in total. The molecular weight excluding hydrogens is 276 g/mol. The summed E-state index contributed by atoms with van der Waals surface area (Å²) in [7, 11) is -0.141. The molecule has 0 radical (unpaired) electrons. The van der Waals surface area contributed by atoms with Crippen LogP contribution in [-0.4, -0.2) is 44.1 Å². The van der Waals surface area contributed by atoms with Crippen molar-refractivity contribution < 1.29 is 8.42 Å². The van der Waals surface area contributed by atoms with Crippen molar-refractivity contribution in [1.82, 2.24) is 9.29 Å². The lowest BCUT2D eigenvalue weighted by molar-refractivity contribution is 0.521. The molecular formula is C13H18N4O2S. The zero-order valence-electron chi connectivity index (χ0n) is 11.5. The van der Waals surface area contributed by atoms with Crippen molar-refractivity contribution in [3.63, 3.8) is 0 Å². The van der Waals surface area contributed by atoms with E-state index in [4.69, 9.17) is 5.73 Å². The summed E-state index contributed by atoms with van der Waals surface area (Å²) >= 11 is 0.